The summed E-state index contributed by atoms with van der Waals surface area (Å²) in [5.41, 5.74) is 4.33. The van der Waals surface area contributed by atoms with Gasteiger partial charge in [0.1, 0.15) is 0 Å². The van der Waals surface area contributed by atoms with Gasteiger partial charge in [-0.05, 0) is 100 Å². The van der Waals surface area contributed by atoms with Crippen molar-refractivity contribution in [3.05, 3.63) is 70.0 Å². The second kappa shape index (κ2) is 9.77. The van der Waals surface area contributed by atoms with Gasteiger partial charge < -0.3 is 5.32 Å². The molecule has 1 aromatic heterocycles. The second-order valence-corrected chi connectivity index (χ2v) is 13.2. The summed E-state index contributed by atoms with van der Waals surface area (Å²) < 4.78 is 2.09. The number of carbonyl (C=O) groups excluding carboxylic acids is 1. The Kier molecular flexibility index (Phi) is 6.60. The molecule has 194 valence electrons. The van der Waals surface area contributed by atoms with Gasteiger partial charge in [0.05, 0.1) is 11.7 Å². The van der Waals surface area contributed by atoms with Crippen LogP contribution in [0.4, 0.5) is 0 Å². The first-order chi connectivity index (χ1) is 17.8. The van der Waals surface area contributed by atoms with Crippen molar-refractivity contribution >= 4 is 29.3 Å². The van der Waals surface area contributed by atoms with Crippen LogP contribution in [0.5, 0.6) is 0 Å². The van der Waals surface area contributed by atoms with E-state index in [0.717, 1.165) is 65.0 Å². The number of nitrogens with zero attached hydrogens (tertiary/aromatic N) is 3. The van der Waals surface area contributed by atoms with Gasteiger partial charge in [-0.15, -0.1) is 10.2 Å². The molecule has 7 rings (SSSR count). The molecule has 37 heavy (non-hydrogen) atoms. The topological polar surface area (TPSA) is 59.8 Å². The predicted molar refractivity (Wildman–Crippen MR) is 149 cm³/mol. The molecule has 4 fully saturated rings. The van der Waals surface area contributed by atoms with E-state index < -0.39 is 0 Å². The summed E-state index contributed by atoms with van der Waals surface area (Å²) in [4.78, 5) is 13.8. The molecule has 2 aromatic carbocycles. The maximum absolute atomic E-state index is 13.8. The van der Waals surface area contributed by atoms with Crippen molar-refractivity contribution in [3.63, 3.8) is 0 Å². The first-order valence-electron chi connectivity index (χ1n) is 13.5. The van der Waals surface area contributed by atoms with Gasteiger partial charge in [-0.1, -0.05) is 59.3 Å². The molecule has 1 atom stereocenters. The Bertz CT molecular complexity index is 1300. The lowest BCUT2D eigenvalue weighted by Gasteiger charge is -2.55. The van der Waals surface area contributed by atoms with Crippen LogP contribution in [0.3, 0.4) is 0 Å². The highest BCUT2D eigenvalue weighted by Gasteiger charge is 2.54. The number of nitrogens with one attached hydrogen (secondary N) is 1. The molecule has 4 aliphatic carbocycles. The van der Waals surface area contributed by atoms with E-state index in [4.69, 9.17) is 11.6 Å². The number of carbonyl (C=O) groups is 1. The summed E-state index contributed by atoms with van der Waals surface area (Å²) in [6, 6.07) is 14.2. The van der Waals surface area contributed by atoms with Gasteiger partial charge in [0.25, 0.3) is 0 Å². The maximum atomic E-state index is 13.8. The lowest BCUT2D eigenvalue weighted by Crippen LogP contribution is -2.54. The Hall–Kier alpha value is -2.31. The molecular formula is C30H35ClN4OS. The molecule has 1 heterocycles. The summed E-state index contributed by atoms with van der Waals surface area (Å²) in [7, 11) is 0. The fourth-order valence-electron chi connectivity index (χ4n) is 7.46. The number of thioether (sulfide) groups is 1. The Labute approximate surface area is 228 Å². The van der Waals surface area contributed by atoms with E-state index >= 15 is 0 Å². The number of aromatic nitrogens is 3. The van der Waals surface area contributed by atoms with Gasteiger partial charge in [-0.3, -0.25) is 9.36 Å². The zero-order chi connectivity index (χ0) is 25.7. The standard InChI is InChI=1S/C30H35ClN4OS/c1-18-5-4-6-21(9-18)17-37-29-34-33-27(35(29)26-13-25(31)8-7-19(26)2)20(3)32-28(36)30-14-22-10-23(15-30)12-24(11-22)16-30/h4-9,13,20,22-24H,10-12,14-17H2,1-3H3,(H,32,36). The molecule has 4 aliphatic rings. The first-order valence-corrected chi connectivity index (χ1v) is 14.9. The van der Waals surface area contributed by atoms with E-state index in [-0.39, 0.29) is 17.4 Å². The van der Waals surface area contributed by atoms with Crippen LogP contribution in [-0.2, 0) is 10.5 Å². The molecule has 0 saturated heterocycles. The third kappa shape index (κ3) is 4.83. The van der Waals surface area contributed by atoms with Crippen LogP contribution >= 0.6 is 23.4 Å². The first kappa shape index (κ1) is 25.0. The van der Waals surface area contributed by atoms with E-state index in [9.17, 15) is 4.79 Å². The lowest BCUT2D eigenvalue weighted by molar-refractivity contribution is -0.147. The van der Waals surface area contributed by atoms with Gasteiger partial charge >= 0.3 is 0 Å². The molecule has 1 amide bonds. The molecular weight excluding hydrogens is 500 g/mol. The normalized spacial score (nSPS) is 26.9. The predicted octanol–water partition coefficient (Wildman–Crippen LogP) is 7.22. The highest BCUT2D eigenvalue weighted by atomic mass is 35.5. The number of halogens is 1. The summed E-state index contributed by atoms with van der Waals surface area (Å²) in [5, 5.41) is 14.1. The van der Waals surface area contributed by atoms with Crippen molar-refractivity contribution in [1.29, 1.82) is 0 Å². The third-order valence-corrected chi connectivity index (χ3v) is 10.0. The van der Waals surface area contributed by atoms with E-state index in [1.807, 2.05) is 25.1 Å². The van der Waals surface area contributed by atoms with Crippen LogP contribution in [0.15, 0.2) is 47.6 Å². The van der Waals surface area contributed by atoms with Gasteiger partial charge in [-0.25, -0.2) is 0 Å². The zero-order valence-corrected chi connectivity index (χ0v) is 23.4. The number of aryl methyl sites for hydroxylation is 2. The van der Waals surface area contributed by atoms with E-state index in [0.29, 0.717) is 5.02 Å². The smallest absolute Gasteiger partial charge is 0.226 e. The summed E-state index contributed by atoms with van der Waals surface area (Å²) in [5.74, 6) is 3.94. The maximum Gasteiger partial charge on any atom is 0.226 e. The number of benzene rings is 2. The van der Waals surface area contributed by atoms with Crippen molar-refractivity contribution in [3.8, 4) is 5.69 Å². The fraction of sp³-hybridized carbons (Fsp3) is 0.500. The van der Waals surface area contributed by atoms with Crippen molar-refractivity contribution in [2.45, 2.75) is 76.2 Å². The highest BCUT2D eigenvalue weighted by molar-refractivity contribution is 7.98. The minimum absolute atomic E-state index is 0.192. The molecule has 7 heteroatoms. The third-order valence-electron chi connectivity index (χ3n) is 8.78. The van der Waals surface area contributed by atoms with Crippen LogP contribution in [0.1, 0.15) is 74.0 Å². The van der Waals surface area contributed by atoms with Gasteiger partial charge in [0, 0.05) is 16.2 Å². The second-order valence-electron chi connectivity index (χ2n) is 11.8. The summed E-state index contributed by atoms with van der Waals surface area (Å²) in [6.07, 6.45) is 7.13. The molecule has 3 aromatic rings. The number of rotatable bonds is 7. The quantitative estimate of drug-likeness (QED) is 0.325. The minimum atomic E-state index is -0.264. The van der Waals surface area contributed by atoms with E-state index in [1.165, 1.54) is 30.4 Å². The van der Waals surface area contributed by atoms with Crippen LogP contribution in [0, 0.1) is 37.0 Å². The van der Waals surface area contributed by atoms with Crippen molar-refractivity contribution in [2.75, 3.05) is 0 Å². The molecule has 1 N–H and O–H groups in total. The summed E-state index contributed by atoms with van der Waals surface area (Å²) in [6.45, 7) is 6.22. The SMILES string of the molecule is Cc1cccc(CSc2nnc(C(C)NC(=O)C34CC5CC(CC(C5)C3)C4)n2-c2cc(Cl)ccc2C)c1. The number of amides is 1. The minimum Gasteiger partial charge on any atom is -0.346 e. The van der Waals surface area contributed by atoms with Crippen LogP contribution < -0.4 is 5.32 Å². The largest absolute Gasteiger partial charge is 0.346 e. The van der Waals surface area contributed by atoms with Crippen molar-refractivity contribution in [1.82, 2.24) is 20.1 Å². The molecule has 0 aliphatic heterocycles. The van der Waals surface area contributed by atoms with E-state index in [2.05, 4.69) is 58.2 Å². The molecule has 0 spiro atoms. The van der Waals surface area contributed by atoms with Gasteiger partial charge in [0.15, 0.2) is 11.0 Å². The molecule has 4 bridgehead atoms. The highest BCUT2D eigenvalue weighted by Crippen LogP contribution is 2.60. The van der Waals surface area contributed by atoms with Crippen LogP contribution in [0.25, 0.3) is 5.69 Å². The Morgan fingerprint density at radius 1 is 1.08 bits per heavy atom. The lowest BCUT2D eigenvalue weighted by atomic mass is 9.49. The monoisotopic (exact) mass is 534 g/mol. The van der Waals surface area contributed by atoms with Gasteiger partial charge in [0.2, 0.25) is 5.91 Å². The number of hydrogen-bond acceptors (Lipinski definition) is 4. The molecule has 5 nitrogen and oxygen atoms in total. The van der Waals surface area contributed by atoms with Crippen molar-refractivity contribution in [2.24, 2.45) is 23.2 Å². The fourth-order valence-corrected chi connectivity index (χ4v) is 8.52. The Morgan fingerprint density at radius 2 is 1.78 bits per heavy atom. The Balaban J connectivity index is 1.29. The summed E-state index contributed by atoms with van der Waals surface area (Å²) >= 11 is 8.09. The molecule has 0 radical (unpaired) electrons. The van der Waals surface area contributed by atoms with Crippen LogP contribution in [0.2, 0.25) is 5.02 Å². The van der Waals surface area contributed by atoms with E-state index in [1.54, 1.807) is 11.8 Å². The van der Waals surface area contributed by atoms with Gasteiger partial charge in [-0.2, -0.15) is 0 Å². The average molecular weight is 535 g/mol. The molecule has 1 unspecified atom stereocenters. The van der Waals surface area contributed by atoms with Crippen molar-refractivity contribution < 1.29 is 4.79 Å². The Morgan fingerprint density at radius 3 is 2.46 bits per heavy atom. The number of hydrogen-bond donors (Lipinski definition) is 1. The average Bonchev–Trinajstić information content (AvgIpc) is 3.27. The molecule has 4 saturated carbocycles. The van der Waals surface area contributed by atoms with Crippen LogP contribution in [-0.4, -0.2) is 20.7 Å². The zero-order valence-electron chi connectivity index (χ0n) is 21.8.